The predicted octanol–water partition coefficient (Wildman–Crippen LogP) is 6.50. The van der Waals surface area contributed by atoms with Crippen LogP contribution in [-0.2, 0) is 9.31 Å². The van der Waals surface area contributed by atoms with Crippen molar-refractivity contribution in [3.8, 4) is 0 Å². The van der Waals surface area contributed by atoms with Crippen LogP contribution in [0.4, 0.5) is 0 Å². The summed E-state index contributed by atoms with van der Waals surface area (Å²) in [6.45, 7) is 17.2. The minimum atomic E-state index is -0.232. The molecule has 1 saturated heterocycles. The Bertz CT molecular complexity index is 478. The maximum absolute atomic E-state index is 6.04. The van der Waals surface area contributed by atoms with E-state index in [0.717, 1.165) is 25.6 Å². The highest BCUT2D eigenvalue weighted by molar-refractivity contribution is 6.46. The van der Waals surface area contributed by atoms with Crippen molar-refractivity contribution >= 4 is 7.12 Å². The summed E-state index contributed by atoms with van der Waals surface area (Å²) in [6, 6.07) is 0. The van der Waals surface area contributed by atoms with Crippen LogP contribution in [0.2, 0.25) is 6.32 Å². The maximum atomic E-state index is 6.04. The summed E-state index contributed by atoms with van der Waals surface area (Å²) < 4.78 is 12.1. The summed E-state index contributed by atoms with van der Waals surface area (Å²) in [6.07, 6.45) is 12.4. The zero-order chi connectivity index (χ0) is 18.4. The van der Waals surface area contributed by atoms with E-state index in [1.807, 2.05) is 0 Å². The average Bonchev–Trinajstić information content (AvgIpc) is 2.64. The van der Waals surface area contributed by atoms with Crippen LogP contribution in [0.15, 0.2) is 34.9 Å². The molecule has 0 saturated carbocycles. The second-order valence-corrected chi connectivity index (χ2v) is 8.38. The van der Waals surface area contributed by atoms with Gasteiger partial charge in [0, 0.05) is 6.32 Å². The van der Waals surface area contributed by atoms with Crippen molar-refractivity contribution in [3.63, 3.8) is 0 Å². The molecule has 0 spiro atoms. The Morgan fingerprint density at radius 1 is 0.750 bits per heavy atom. The number of hydrogen-bond donors (Lipinski definition) is 0. The van der Waals surface area contributed by atoms with Gasteiger partial charge in [-0.25, -0.2) is 0 Å². The quantitative estimate of drug-likeness (QED) is 0.373. The molecule has 3 heteroatoms. The molecular weight excluding hydrogens is 295 g/mol. The lowest BCUT2D eigenvalue weighted by Crippen LogP contribution is -2.41. The Hall–Kier alpha value is -0.795. The number of allylic oxidation sites excluding steroid dienone is 6. The lowest BCUT2D eigenvalue weighted by Gasteiger charge is -2.32. The highest BCUT2D eigenvalue weighted by atomic mass is 16.7. The van der Waals surface area contributed by atoms with Gasteiger partial charge in [-0.1, -0.05) is 34.9 Å². The first kappa shape index (κ1) is 21.2. The van der Waals surface area contributed by atoms with Gasteiger partial charge in [0.25, 0.3) is 0 Å². The van der Waals surface area contributed by atoms with Gasteiger partial charge in [0.1, 0.15) is 0 Å². The zero-order valence-corrected chi connectivity index (χ0v) is 17.2. The Morgan fingerprint density at radius 2 is 1.21 bits per heavy atom. The highest BCUT2D eigenvalue weighted by Crippen LogP contribution is 2.37. The molecule has 0 aromatic carbocycles. The van der Waals surface area contributed by atoms with E-state index < -0.39 is 0 Å². The normalized spacial score (nSPS) is 20.4. The Kier molecular flexibility index (Phi) is 8.02. The minimum absolute atomic E-state index is 0.119. The van der Waals surface area contributed by atoms with E-state index in [2.05, 4.69) is 73.6 Å². The largest absolute Gasteiger partial charge is 0.461 e. The summed E-state index contributed by atoms with van der Waals surface area (Å²) in [7, 11) is -0.119. The van der Waals surface area contributed by atoms with Gasteiger partial charge in [-0.05, 0) is 81.1 Å². The third-order valence-electron chi connectivity index (χ3n) is 5.08. The fourth-order valence-corrected chi connectivity index (χ4v) is 2.70. The third-order valence-corrected chi connectivity index (χ3v) is 5.08. The molecule has 0 aromatic rings. The molecule has 0 N–H and O–H groups in total. The van der Waals surface area contributed by atoms with Crippen molar-refractivity contribution in [2.45, 2.75) is 98.6 Å². The van der Waals surface area contributed by atoms with Gasteiger partial charge in [-0.3, -0.25) is 0 Å². The minimum Gasteiger partial charge on any atom is -0.403 e. The lowest BCUT2D eigenvalue weighted by molar-refractivity contribution is 0.00578. The summed E-state index contributed by atoms with van der Waals surface area (Å²) in [5.41, 5.74) is 3.85. The first-order chi connectivity index (χ1) is 11.0. The van der Waals surface area contributed by atoms with Crippen molar-refractivity contribution < 1.29 is 9.31 Å². The molecule has 1 fully saturated rings. The van der Waals surface area contributed by atoms with Crippen LogP contribution in [0.25, 0.3) is 0 Å². The number of hydrogen-bond acceptors (Lipinski definition) is 2. The molecule has 0 unspecified atom stereocenters. The van der Waals surface area contributed by atoms with Crippen molar-refractivity contribution in [1.29, 1.82) is 0 Å². The van der Waals surface area contributed by atoms with Gasteiger partial charge in [-0.15, -0.1) is 0 Å². The standard InChI is InChI=1S/C21H37BO2/c1-17(2)11-9-12-18(3)13-10-14-19(4)15-16-22-23-20(5,6)21(7,8)24-22/h11,13,15H,9-10,12,14,16H2,1-8H3/b18-13+,19-15+. The van der Waals surface area contributed by atoms with E-state index in [1.54, 1.807) is 0 Å². The van der Waals surface area contributed by atoms with Gasteiger partial charge in [-0.2, -0.15) is 0 Å². The fraction of sp³-hybridized carbons (Fsp3) is 0.714. The van der Waals surface area contributed by atoms with E-state index in [0.29, 0.717) is 0 Å². The monoisotopic (exact) mass is 332 g/mol. The first-order valence-corrected chi connectivity index (χ1v) is 9.34. The molecule has 2 nitrogen and oxygen atoms in total. The van der Waals surface area contributed by atoms with Gasteiger partial charge >= 0.3 is 7.12 Å². The van der Waals surface area contributed by atoms with E-state index in [1.165, 1.54) is 23.1 Å². The summed E-state index contributed by atoms with van der Waals surface area (Å²) in [5.74, 6) is 0. The lowest BCUT2D eigenvalue weighted by atomic mass is 9.84. The van der Waals surface area contributed by atoms with Crippen molar-refractivity contribution in [2.24, 2.45) is 0 Å². The second kappa shape index (κ2) is 9.06. The Balaban J connectivity index is 2.34. The van der Waals surface area contributed by atoms with Gasteiger partial charge in [0.15, 0.2) is 0 Å². The van der Waals surface area contributed by atoms with E-state index in [9.17, 15) is 0 Å². The molecule has 0 aliphatic carbocycles. The topological polar surface area (TPSA) is 18.5 Å². The van der Waals surface area contributed by atoms with Gasteiger partial charge in [0.2, 0.25) is 0 Å². The third kappa shape index (κ3) is 6.98. The molecular formula is C21H37BO2. The van der Waals surface area contributed by atoms with Crippen LogP contribution in [0, 0.1) is 0 Å². The van der Waals surface area contributed by atoms with Gasteiger partial charge < -0.3 is 9.31 Å². The van der Waals surface area contributed by atoms with Crippen LogP contribution < -0.4 is 0 Å². The second-order valence-electron chi connectivity index (χ2n) is 8.38. The van der Waals surface area contributed by atoms with Crippen LogP contribution in [-0.4, -0.2) is 18.3 Å². The number of rotatable bonds is 8. The SMILES string of the molecule is CC(C)=CCC/C(C)=C/CC/C(C)=C/CB1OC(C)(C)C(C)(C)O1. The van der Waals surface area contributed by atoms with Crippen molar-refractivity contribution in [2.75, 3.05) is 0 Å². The van der Waals surface area contributed by atoms with Gasteiger partial charge in [0.05, 0.1) is 11.2 Å². The van der Waals surface area contributed by atoms with Crippen LogP contribution in [0.3, 0.4) is 0 Å². The predicted molar refractivity (Wildman–Crippen MR) is 106 cm³/mol. The molecule has 0 radical (unpaired) electrons. The Labute approximate surface area is 150 Å². The molecule has 24 heavy (non-hydrogen) atoms. The fourth-order valence-electron chi connectivity index (χ4n) is 2.70. The zero-order valence-electron chi connectivity index (χ0n) is 17.2. The average molecular weight is 332 g/mol. The van der Waals surface area contributed by atoms with Crippen LogP contribution in [0.1, 0.15) is 81.1 Å². The maximum Gasteiger partial charge on any atom is 0.461 e. The molecule has 0 bridgehead atoms. The Morgan fingerprint density at radius 3 is 1.71 bits per heavy atom. The van der Waals surface area contributed by atoms with E-state index >= 15 is 0 Å². The van der Waals surface area contributed by atoms with Crippen LogP contribution in [0.5, 0.6) is 0 Å². The molecule has 136 valence electrons. The highest BCUT2D eigenvalue weighted by Gasteiger charge is 2.50. The van der Waals surface area contributed by atoms with E-state index in [4.69, 9.17) is 9.31 Å². The molecule has 0 amide bonds. The molecule has 1 aliphatic heterocycles. The van der Waals surface area contributed by atoms with Crippen molar-refractivity contribution in [1.82, 2.24) is 0 Å². The molecule has 1 aliphatic rings. The molecule has 1 heterocycles. The summed E-state index contributed by atoms with van der Waals surface area (Å²) in [4.78, 5) is 0. The summed E-state index contributed by atoms with van der Waals surface area (Å²) >= 11 is 0. The molecule has 0 atom stereocenters. The summed E-state index contributed by atoms with van der Waals surface area (Å²) in [5, 5.41) is 0. The molecule has 0 aromatic heterocycles. The molecule has 1 rings (SSSR count). The van der Waals surface area contributed by atoms with Crippen molar-refractivity contribution in [3.05, 3.63) is 34.9 Å². The first-order valence-electron chi connectivity index (χ1n) is 9.34. The van der Waals surface area contributed by atoms with Crippen LogP contribution >= 0.6 is 0 Å². The smallest absolute Gasteiger partial charge is 0.403 e. The van der Waals surface area contributed by atoms with E-state index in [-0.39, 0.29) is 18.3 Å².